The molecule has 0 spiro atoms. The predicted molar refractivity (Wildman–Crippen MR) is 345 cm³/mol. The van der Waals surface area contributed by atoms with Crippen LogP contribution in [-0.2, 0) is 4.79 Å². The molecule has 1 amide bonds. The van der Waals surface area contributed by atoms with Crippen LogP contribution in [0.1, 0.15) is 393 Å². The summed E-state index contributed by atoms with van der Waals surface area (Å²) in [5, 5.41) is 23.5. The van der Waals surface area contributed by atoms with E-state index < -0.39 is 12.1 Å². The van der Waals surface area contributed by atoms with Crippen LogP contribution in [0.3, 0.4) is 0 Å². The van der Waals surface area contributed by atoms with Crippen molar-refractivity contribution in [2.24, 2.45) is 0 Å². The van der Waals surface area contributed by atoms with Gasteiger partial charge in [-0.15, -0.1) is 0 Å². The van der Waals surface area contributed by atoms with Gasteiger partial charge in [0.15, 0.2) is 0 Å². The highest BCUT2D eigenvalue weighted by atomic mass is 16.3. The number of allylic oxidation sites excluding steroid dienone is 8. The Morgan fingerprint density at radius 3 is 0.857 bits per heavy atom. The first-order valence-corrected chi connectivity index (χ1v) is 35.3. The Morgan fingerprint density at radius 2 is 0.571 bits per heavy atom. The Labute approximate surface area is 484 Å². The van der Waals surface area contributed by atoms with Gasteiger partial charge in [-0.05, 0) is 51.4 Å². The molecule has 4 heteroatoms. The molecule has 3 N–H and O–H groups in total. The largest absolute Gasteiger partial charge is 0.394 e. The summed E-state index contributed by atoms with van der Waals surface area (Å²) in [4.78, 5) is 12.6. The Morgan fingerprint density at radius 1 is 0.325 bits per heavy atom. The van der Waals surface area contributed by atoms with Crippen molar-refractivity contribution < 1.29 is 15.0 Å². The predicted octanol–water partition coefficient (Wildman–Crippen LogP) is 24.1. The molecule has 77 heavy (non-hydrogen) atoms. The number of hydrogen-bond acceptors (Lipinski definition) is 3. The second kappa shape index (κ2) is 68.6. The SMILES string of the molecule is CC/C=C\C/C=C\C/C=C\C/C=C\CCCCCCCCCCCCCCCCCCCCCCC(=O)NC(CO)C(O)CCCCCCCCCCCCCCCCCCCCCCCCCCCCCCCCCC. The van der Waals surface area contributed by atoms with Gasteiger partial charge in [0.25, 0.3) is 0 Å². The molecule has 0 aromatic carbocycles. The fourth-order valence-corrected chi connectivity index (χ4v) is 11.3. The van der Waals surface area contributed by atoms with Crippen LogP contribution in [0.25, 0.3) is 0 Å². The van der Waals surface area contributed by atoms with Gasteiger partial charge in [-0.2, -0.15) is 0 Å². The highest BCUT2D eigenvalue weighted by molar-refractivity contribution is 5.76. The van der Waals surface area contributed by atoms with Crippen LogP contribution in [0, 0.1) is 0 Å². The number of hydrogen-bond donors (Lipinski definition) is 3. The molecule has 0 saturated carbocycles. The topological polar surface area (TPSA) is 69.6 Å². The number of carbonyl (C=O) groups is 1. The van der Waals surface area contributed by atoms with Gasteiger partial charge < -0.3 is 15.5 Å². The van der Waals surface area contributed by atoms with E-state index in [1.807, 2.05) is 0 Å². The maximum Gasteiger partial charge on any atom is 0.220 e. The zero-order chi connectivity index (χ0) is 55.5. The number of unbranched alkanes of at least 4 members (excludes halogenated alkanes) is 51. The molecule has 0 aromatic rings. The van der Waals surface area contributed by atoms with E-state index in [1.54, 1.807) is 0 Å². The summed E-state index contributed by atoms with van der Waals surface area (Å²) >= 11 is 0. The molecular weight excluding hydrogens is 939 g/mol. The molecule has 0 aromatic heterocycles. The lowest BCUT2D eigenvalue weighted by Crippen LogP contribution is -2.45. The van der Waals surface area contributed by atoms with E-state index in [1.165, 1.54) is 315 Å². The molecule has 0 aliphatic heterocycles. The molecule has 2 atom stereocenters. The molecular formula is C73H139NO3. The molecule has 0 fully saturated rings. The summed E-state index contributed by atoms with van der Waals surface area (Å²) in [6, 6.07) is -0.538. The van der Waals surface area contributed by atoms with Crippen molar-refractivity contribution in [2.75, 3.05) is 6.61 Å². The molecule has 0 bridgehead atoms. The number of nitrogens with one attached hydrogen (secondary N) is 1. The molecule has 2 unspecified atom stereocenters. The van der Waals surface area contributed by atoms with Crippen molar-refractivity contribution in [3.63, 3.8) is 0 Å². The third kappa shape index (κ3) is 65.0. The maximum atomic E-state index is 12.6. The number of aliphatic hydroxyl groups excluding tert-OH is 2. The van der Waals surface area contributed by atoms with Crippen LogP contribution < -0.4 is 5.32 Å². The van der Waals surface area contributed by atoms with Gasteiger partial charge in [0.1, 0.15) is 0 Å². The van der Waals surface area contributed by atoms with Crippen LogP contribution >= 0.6 is 0 Å². The van der Waals surface area contributed by atoms with Crippen molar-refractivity contribution in [3.05, 3.63) is 48.6 Å². The minimum Gasteiger partial charge on any atom is -0.394 e. The lowest BCUT2D eigenvalue weighted by atomic mass is 10.0. The summed E-state index contributed by atoms with van der Waals surface area (Å²) in [5.74, 6) is -0.0236. The van der Waals surface area contributed by atoms with Crippen molar-refractivity contribution in [2.45, 2.75) is 405 Å². The summed E-state index contributed by atoms with van der Waals surface area (Å²) < 4.78 is 0. The van der Waals surface area contributed by atoms with Crippen LogP contribution in [0.5, 0.6) is 0 Å². The second-order valence-corrected chi connectivity index (χ2v) is 24.3. The summed E-state index contributed by atoms with van der Waals surface area (Å²) in [7, 11) is 0. The van der Waals surface area contributed by atoms with Crippen LogP contribution in [0.15, 0.2) is 48.6 Å². The van der Waals surface area contributed by atoms with Gasteiger partial charge >= 0.3 is 0 Å². The van der Waals surface area contributed by atoms with Gasteiger partial charge in [0.05, 0.1) is 18.8 Å². The van der Waals surface area contributed by atoms with Crippen LogP contribution in [-0.4, -0.2) is 34.9 Å². The summed E-state index contributed by atoms with van der Waals surface area (Å²) in [6.45, 7) is 4.29. The first kappa shape index (κ1) is 75.3. The zero-order valence-corrected chi connectivity index (χ0v) is 52.5. The maximum absolute atomic E-state index is 12.6. The van der Waals surface area contributed by atoms with Crippen molar-refractivity contribution >= 4 is 5.91 Å². The van der Waals surface area contributed by atoms with Gasteiger partial charge in [0, 0.05) is 6.42 Å². The van der Waals surface area contributed by atoms with Gasteiger partial charge in [0.2, 0.25) is 5.91 Å². The van der Waals surface area contributed by atoms with Crippen molar-refractivity contribution in [1.29, 1.82) is 0 Å². The Balaban J connectivity index is 3.39. The Bertz CT molecular complexity index is 1220. The normalized spacial score (nSPS) is 12.9. The first-order valence-electron chi connectivity index (χ1n) is 35.3. The second-order valence-electron chi connectivity index (χ2n) is 24.3. The zero-order valence-electron chi connectivity index (χ0n) is 52.5. The molecule has 0 saturated heterocycles. The Kier molecular flexibility index (Phi) is 67.2. The molecule has 0 rings (SSSR count). The van der Waals surface area contributed by atoms with E-state index in [0.29, 0.717) is 12.8 Å². The van der Waals surface area contributed by atoms with Crippen LogP contribution in [0.4, 0.5) is 0 Å². The van der Waals surface area contributed by atoms with E-state index in [9.17, 15) is 15.0 Å². The number of rotatable bonds is 66. The highest BCUT2D eigenvalue weighted by Gasteiger charge is 2.20. The standard InChI is InChI=1S/C73H139NO3/c1-3-5-7-9-11-13-15-17-19-21-23-25-27-29-31-33-35-37-39-41-43-45-47-49-51-53-55-57-59-61-63-65-67-69-73(77)74-71(70-75)72(76)68-66-64-62-60-58-56-54-52-50-48-46-44-42-40-38-36-34-32-30-28-26-24-22-20-18-16-14-12-10-8-6-4-2/h5,7,11,13,17,19,23,25,71-72,75-76H,3-4,6,8-10,12,14-16,18,20-22,24,26-70H2,1-2H3,(H,74,77)/b7-5-,13-11-,19-17-,25-23-. The van der Waals surface area contributed by atoms with E-state index in [4.69, 9.17) is 0 Å². The van der Waals surface area contributed by atoms with Gasteiger partial charge in [-0.3, -0.25) is 4.79 Å². The van der Waals surface area contributed by atoms with Crippen molar-refractivity contribution in [3.8, 4) is 0 Å². The number of aliphatic hydroxyl groups is 2. The molecule has 0 aliphatic rings. The van der Waals surface area contributed by atoms with E-state index in [-0.39, 0.29) is 12.5 Å². The van der Waals surface area contributed by atoms with E-state index in [2.05, 4.69) is 67.8 Å². The quantitative estimate of drug-likeness (QED) is 0.0420. The first-order chi connectivity index (χ1) is 38.2. The number of amides is 1. The smallest absolute Gasteiger partial charge is 0.220 e. The summed E-state index contributed by atoms with van der Waals surface area (Å²) in [5.41, 5.74) is 0. The lowest BCUT2D eigenvalue weighted by Gasteiger charge is -2.22. The van der Waals surface area contributed by atoms with Gasteiger partial charge in [-0.25, -0.2) is 0 Å². The van der Waals surface area contributed by atoms with Crippen molar-refractivity contribution in [1.82, 2.24) is 5.32 Å². The fraction of sp³-hybridized carbons (Fsp3) is 0.877. The third-order valence-electron chi connectivity index (χ3n) is 16.6. The lowest BCUT2D eigenvalue weighted by molar-refractivity contribution is -0.123. The molecule has 0 heterocycles. The highest BCUT2D eigenvalue weighted by Crippen LogP contribution is 2.19. The fourth-order valence-electron chi connectivity index (χ4n) is 11.3. The molecule has 454 valence electrons. The van der Waals surface area contributed by atoms with Gasteiger partial charge in [-0.1, -0.05) is 383 Å². The Hall–Kier alpha value is -1.65. The molecule has 0 aliphatic carbocycles. The average Bonchev–Trinajstić information content (AvgIpc) is 3.43. The van der Waals surface area contributed by atoms with Crippen LogP contribution in [0.2, 0.25) is 0 Å². The minimum absolute atomic E-state index is 0.0236. The monoisotopic (exact) mass is 1080 g/mol. The number of carbonyl (C=O) groups excluding carboxylic acids is 1. The van der Waals surface area contributed by atoms with E-state index >= 15 is 0 Å². The molecule has 0 radical (unpaired) electrons. The minimum atomic E-state index is -0.661. The third-order valence-corrected chi connectivity index (χ3v) is 16.6. The summed E-state index contributed by atoms with van der Waals surface area (Å²) in [6.07, 6.45) is 96.0. The average molecular weight is 1080 g/mol. The van der Waals surface area contributed by atoms with E-state index in [0.717, 1.165) is 51.4 Å². The molecule has 4 nitrogen and oxygen atoms in total.